The molecule has 0 saturated heterocycles. The number of aryl methyl sites for hydroxylation is 1. The van der Waals surface area contributed by atoms with Crippen molar-refractivity contribution in [1.29, 1.82) is 0 Å². The maximum absolute atomic E-state index is 12.8. The van der Waals surface area contributed by atoms with Gasteiger partial charge in [0, 0.05) is 33.2 Å². The highest BCUT2D eigenvalue weighted by Gasteiger charge is 2.20. The van der Waals surface area contributed by atoms with Crippen LogP contribution in [0.4, 0.5) is 17.2 Å². The number of rotatable bonds is 7. The van der Waals surface area contributed by atoms with Gasteiger partial charge in [0.05, 0.1) is 31.0 Å². The summed E-state index contributed by atoms with van der Waals surface area (Å²) < 4.78 is 11.3. The SMILES string of the molecule is COc1cc(Nc2ncnc3sc(C)c(-c4ccc(Cl)cc4)c23)c(OC)cc1NC(=O)c1ccccc1. The molecule has 2 N–H and O–H groups in total. The summed E-state index contributed by atoms with van der Waals surface area (Å²) >= 11 is 7.72. The highest BCUT2D eigenvalue weighted by molar-refractivity contribution is 7.19. The molecule has 0 atom stereocenters. The van der Waals surface area contributed by atoms with Gasteiger partial charge in [-0.05, 0) is 36.8 Å². The van der Waals surface area contributed by atoms with E-state index < -0.39 is 0 Å². The second-order valence-corrected chi connectivity index (χ2v) is 9.78. The molecule has 5 aromatic rings. The Morgan fingerprint density at radius 1 is 0.919 bits per heavy atom. The van der Waals surface area contributed by atoms with Crippen LogP contribution in [0.5, 0.6) is 11.5 Å². The monoisotopic (exact) mass is 530 g/mol. The number of ether oxygens (including phenoxy) is 2. The lowest BCUT2D eigenvalue weighted by Crippen LogP contribution is -2.13. The highest BCUT2D eigenvalue weighted by atomic mass is 35.5. The molecule has 9 heteroatoms. The van der Waals surface area contributed by atoms with Crippen molar-refractivity contribution in [1.82, 2.24) is 9.97 Å². The van der Waals surface area contributed by atoms with Crippen LogP contribution in [0.1, 0.15) is 15.2 Å². The van der Waals surface area contributed by atoms with Crippen LogP contribution in [0.15, 0.2) is 73.1 Å². The van der Waals surface area contributed by atoms with E-state index in [0.29, 0.717) is 39.3 Å². The van der Waals surface area contributed by atoms with E-state index in [0.717, 1.165) is 26.2 Å². The third kappa shape index (κ3) is 4.94. The molecule has 7 nitrogen and oxygen atoms in total. The molecule has 0 bridgehead atoms. The van der Waals surface area contributed by atoms with Crippen molar-refractivity contribution >= 4 is 56.3 Å². The smallest absolute Gasteiger partial charge is 0.255 e. The number of carbonyl (C=O) groups excluding carboxylic acids is 1. The van der Waals surface area contributed by atoms with Crippen molar-refractivity contribution in [2.45, 2.75) is 6.92 Å². The molecule has 0 saturated carbocycles. The summed E-state index contributed by atoms with van der Waals surface area (Å²) in [6, 6.07) is 20.2. The molecular formula is C28H23ClN4O3S. The highest BCUT2D eigenvalue weighted by Crippen LogP contribution is 2.43. The Morgan fingerprint density at radius 2 is 1.59 bits per heavy atom. The van der Waals surface area contributed by atoms with Crippen LogP contribution in [0.3, 0.4) is 0 Å². The largest absolute Gasteiger partial charge is 0.494 e. The number of aromatic nitrogens is 2. The first-order valence-corrected chi connectivity index (χ1v) is 12.6. The second-order valence-electron chi connectivity index (χ2n) is 8.14. The van der Waals surface area contributed by atoms with E-state index >= 15 is 0 Å². The van der Waals surface area contributed by atoms with Crippen molar-refractivity contribution < 1.29 is 14.3 Å². The summed E-state index contributed by atoms with van der Waals surface area (Å²) in [5.74, 6) is 1.36. The van der Waals surface area contributed by atoms with Crippen molar-refractivity contribution in [3.63, 3.8) is 0 Å². The summed E-state index contributed by atoms with van der Waals surface area (Å²) in [5.41, 5.74) is 3.71. The van der Waals surface area contributed by atoms with E-state index in [2.05, 4.69) is 27.5 Å². The maximum Gasteiger partial charge on any atom is 0.255 e. The third-order valence-electron chi connectivity index (χ3n) is 5.86. The molecule has 3 aromatic carbocycles. The summed E-state index contributed by atoms with van der Waals surface area (Å²) in [4.78, 5) is 23.8. The lowest BCUT2D eigenvalue weighted by atomic mass is 10.0. The zero-order chi connectivity index (χ0) is 25.9. The number of benzene rings is 3. The van der Waals surface area contributed by atoms with Crippen LogP contribution in [-0.2, 0) is 0 Å². The Hall–Kier alpha value is -4.14. The Bertz CT molecular complexity index is 1590. The van der Waals surface area contributed by atoms with Crippen molar-refractivity contribution in [2.75, 3.05) is 24.9 Å². The van der Waals surface area contributed by atoms with Crippen molar-refractivity contribution in [3.8, 4) is 22.6 Å². The van der Waals surface area contributed by atoms with Gasteiger partial charge in [-0.15, -0.1) is 11.3 Å². The first-order chi connectivity index (χ1) is 18.0. The molecule has 2 aromatic heterocycles. The van der Waals surface area contributed by atoms with Crippen LogP contribution >= 0.6 is 22.9 Å². The van der Waals surface area contributed by atoms with Gasteiger partial charge in [-0.1, -0.05) is 41.9 Å². The predicted molar refractivity (Wildman–Crippen MR) is 150 cm³/mol. The van der Waals surface area contributed by atoms with Gasteiger partial charge in [0.25, 0.3) is 5.91 Å². The molecule has 0 spiro atoms. The average molecular weight is 531 g/mol. The van der Waals surface area contributed by atoms with Crippen molar-refractivity contribution in [3.05, 3.63) is 88.5 Å². The minimum absolute atomic E-state index is 0.250. The molecule has 0 aliphatic carbocycles. The van der Waals surface area contributed by atoms with Gasteiger partial charge in [0.2, 0.25) is 0 Å². The zero-order valence-electron chi connectivity index (χ0n) is 20.3. The summed E-state index contributed by atoms with van der Waals surface area (Å²) in [6.07, 6.45) is 1.53. The molecule has 0 aliphatic heterocycles. The van der Waals surface area contributed by atoms with E-state index in [1.165, 1.54) is 6.33 Å². The molecule has 0 aliphatic rings. The van der Waals surface area contributed by atoms with Gasteiger partial charge in [-0.25, -0.2) is 9.97 Å². The summed E-state index contributed by atoms with van der Waals surface area (Å²) in [7, 11) is 3.12. The number of fused-ring (bicyclic) bond motifs is 1. The average Bonchev–Trinajstić information content (AvgIpc) is 3.26. The Balaban J connectivity index is 1.55. The molecule has 37 heavy (non-hydrogen) atoms. The van der Waals surface area contributed by atoms with E-state index in [9.17, 15) is 4.79 Å². The Kier molecular flexibility index (Phi) is 6.94. The van der Waals surface area contributed by atoms with Gasteiger partial charge in [0.15, 0.2) is 0 Å². The van der Waals surface area contributed by atoms with Crippen LogP contribution in [-0.4, -0.2) is 30.1 Å². The fourth-order valence-electron chi connectivity index (χ4n) is 4.11. The number of hydrogen-bond acceptors (Lipinski definition) is 7. The van der Waals surface area contributed by atoms with Crippen LogP contribution in [0, 0.1) is 6.92 Å². The first kappa shape index (κ1) is 24.5. The minimum atomic E-state index is -0.250. The molecular weight excluding hydrogens is 508 g/mol. The van der Waals surface area contributed by atoms with Crippen LogP contribution < -0.4 is 20.1 Å². The number of halogens is 1. The molecule has 5 rings (SSSR count). The fraction of sp³-hybridized carbons (Fsp3) is 0.107. The number of hydrogen-bond donors (Lipinski definition) is 2. The van der Waals surface area contributed by atoms with Gasteiger partial charge in [-0.2, -0.15) is 0 Å². The molecule has 186 valence electrons. The molecule has 2 heterocycles. The number of carbonyl (C=O) groups is 1. The topological polar surface area (TPSA) is 85.4 Å². The standard InChI is InChI=1S/C28H23ClN4O3S/c1-16-24(17-9-11-19(29)12-10-17)25-26(30-15-31-28(25)37-16)32-20-13-23(36-3)21(14-22(20)35-2)33-27(34)18-7-5-4-6-8-18/h4-15H,1-3H3,(H,33,34)(H,30,31,32). The van der Waals surface area contributed by atoms with Crippen LogP contribution in [0.2, 0.25) is 5.02 Å². The number of methoxy groups -OCH3 is 2. The number of nitrogens with zero attached hydrogens (tertiary/aromatic N) is 2. The second kappa shape index (κ2) is 10.5. The zero-order valence-corrected chi connectivity index (χ0v) is 21.9. The first-order valence-electron chi connectivity index (χ1n) is 11.4. The van der Waals surface area contributed by atoms with Crippen LogP contribution in [0.25, 0.3) is 21.3 Å². The lowest BCUT2D eigenvalue weighted by Gasteiger charge is -2.17. The van der Waals surface area contributed by atoms with Gasteiger partial charge < -0.3 is 20.1 Å². The number of thiophene rings is 1. The Labute approximate surface area is 223 Å². The molecule has 0 radical (unpaired) electrons. The van der Waals surface area contributed by atoms with E-state index in [-0.39, 0.29) is 5.91 Å². The number of anilines is 3. The van der Waals surface area contributed by atoms with Crippen molar-refractivity contribution in [2.24, 2.45) is 0 Å². The molecule has 0 fully saturated rings. The van der Waals surface area contributed by atoms with Gasteiger partial charge >= 0.3 is 0 Å². The quantitative estimate of drug-likeness (QED) is 0.229. The number of nitrogens with one attached hydrogen (secondary N) is 2. The molecule has 1 amide bonds. The number of amides is 1. The fourth-order valence-corrected chi connectivity index (χ4v) is 5.25. The maximum atomic E-state index is 12.8. The van der Waals surface area contributed by atoms with E-state index in [1.807, 2.05) is 42.5 Å². The third-order valence-corrected chi connectivity index (χ3v) is 7.12. The summed E-state index contributed by atoms with van der Waals surface area (Å²) in [5, 5.41) is 7.88. The van der Waals surface area contributed by atoms with E-state index in [1.54, 1.807) is 49.8 Å². The normalized spacial score (nSPS) is 10.8. The summed E-state index contributed by atoms with van der Waals surface area (Å²) in [6.45, 7) is 2.06. The lowest BCUT2D eigenvalue weighted by molar-refractivity contribution is 0.102. The van der Waals surface area contributed by atoms with Gasteiger partial charge in [-0.3, -0.25) is 4.79 Å². The minimum Gasteiger partial charge on any atom is -0.494 e. The predicted octanol–water partition coefficient (Wildman–Crippen LogP) is 7.33. The molecule has 0 unspecified atom stereocenters. The Morgan fingerprint density at radius 3 is 2.30 bits per heavy atom. The van der Waals surface area contributed by atoms with Gasteiger partial charge in [0.1, 0.15) is 28.5 Å². The van der Waals surface area contributed by atoms with E-state index in [4.69, 9.17) is 21.1 Å².